The topological polar surface area (TPSA) is 105 Å². The molecule has 0 heterocycles. The van der Waals surface area contributed by atoms with Gasteiger partial charge in [-0.15, -0.1) is 0 Å². The summed E-state index contributed by atoms with van der Waals surface area (Å²) in [6.07, 6.45) is -0.823. The molecule has 0 aliphatic rings. The lowest BCUT2D eigenvalue weighted by molar-refractivity contribution is -0.143. The molecule has 0 aromatic heterocycles. The van der Waals surface area contributed by atoms with Crippen molar-refractivity contribution in [3.05, 3.63) is 0 Å². The first-order valence-electron chi connectivity index (χ1n) is 6.20. The second-order valence-corrected chi connectivity index (χ2v) is 4.76. The number of rotatable bonds is 7. The minimum Gasteiger partial charge on any atom is -0.480 e. The van der Waals surface area contributed by atoms with E-state index in [9.17, 15) is 14.4 Å². The van der Waals surface area contributed by atoms with Gasteiger partial charge in [0.05, 0.1) is 6.10 Å². The summed E-state index contributed by atoms with van der Waals surface area (Å²) in [5, 5.41) is 13.7. The van der Waals surface area contributed by atoms with Crippen molar-refractivity contribution in [1.29, 1.82) is 0 Å². The molecule has 2 amide bonds. The predicted molar refractivity (Wildman–Crippen MR) is 79.0 cm³/mol. The van der Waals surface area contributed by atoms with Crippen LogP contribution in [0.4, 0.5) is 4.79 Å². The molecule has 20 heavy (non-hydrogen) atoms. The van der Waals surface area contributed by atoms with Crippen LogP contribution < -0.4 is 10.6 Å². The van der Waals surface area contributed by atoms with Crippen LogP contribution in [0, 0.1) is 5.92 Å². The van der Waals surface area contributed by atoms with Crippen LogP contribution in [0.3, 0.4) is 0 Å². The zero-order valence-electron chi connectivity index (χ0n) is 12.2. The first-order valence-corrected chi connectivity index (χ1v) is 6.20. The third kappa shape index (κ3) is 9.48. The van der Waals surface area contributed by atoms with Crippen LogP contribution in [0.5, 0.6) is 0 Å². The molecule has 118 valence electrons. The number of hydrogen-bond donors (Lipinski definition) is 3. The smallest absolute Gasteiger partial charge is 0.407 e. The molecule has 0 spiro atoms. The van der Waals surface area contributed by atoms with Gasteiger partial charge in [0, 0.05) is 13.0 Å². The van der Waals surface area contributed by atoms with Crippen LogP contribution in [0.25, 0.3) is 0 Å². The average Bonchev–Trinajstić information content (AvgIpc) is 2.23. The molecule has 0 aromatic rings. The molecule has 3 N–H and O–H groups in total. The fourth-order valence-electron chi connectivity index (χ4n) is 1.29. The van der Waals surface area contributed by atoms with Gasteiger partial charge in [-0.05, 0) is 19.8 Å². The van der Waals surface area contributed by atoms with Gasteiger partial charge in [0.15, 0.2) is 0 Å². The number of carboxylic acids is 1. The second-order valence-electron chi connectivity index (χ2n) is 4.76. The van der Waals surface area contributed by atoms with Gasteiger partial charge in [-0.3, -0.25) is 4.79 Å². The number of carbonyl (C=O) groups excluding carboxylic acids is 2. The molecule has 8 heteroatoms. The molecule has 0 saturated heterocycles. The van der Waals surface area contributed by atoms with E-state index in [2.05, 4.69) is 10.6 Å². The molecule has 0 saturated carbocycles. The molecule has 7 nitrogen and oxygen atoms in total. The van der Waals surface area contributed by atoms with E-state index in [1.807, 2.05) is 0 Å². The Morgan fingerprint density at radius 1 is 1.15 bits per heavy atom. The summed E-state index contributed by atoms with van der Waals surface area (Å²) in [4.78, 5) is 33.5. The Labute approximate surface area is 125 Å². The van der Waals surface area contributed by atoms with Gasteiger partial charge in [0.25, 0.3) is 0 Å². The maximum atomic E-state index is 11.5. The van der Waals surface area contributed by atoms with Gasteiger partial charge in [0.2, 0.25) is 5.91 Å². The van der Waals surface area contributed by atoms with Crippen molar-refractivity contribution in [2.24, 2.45) is 5.92 Å². The highest BCUT2D eigenvalue weighted by Crippen LogP contribution is 2.01. The number of nitrogens with one attached hydrogen (secondary N) is 2. The van der Waals surface area contributed by atoms with Crippen molar-refractivity contribution in [2.45, 2.75) is 46.3 Å². The van der Waals surface area contributed by atoms with Crippen molar-refractivity contribution < 1.29 is 24.2 Å². The van der Waals surface area contributed by atoms with Gasteiger partial charge >= 0.3 is 12.1 Å². The molecule has 0 bridgehead atoms. The van der Waals surface area contributed by atoms with Crippen molar-refractivity contribution in [1.82, 2.24) is 10.6 Å². The molecule has 0 radical (unpaired) electrons. The molecule has 1 unspecified atom stereocenters. The maximum absolute atomic E-state index is 11.5. The fraction of sp³-hybridized carbons (Fsp3) is 0.750. The highest BCUT2D eigenvalue weighted by atomic mass is 32.1. The third-order valence-corrected chi connectivity index (χ3v) is 2.21. The Morgan fingerprint density at radius 3 is 2.10 bits per heavy atom. The van der Waals surface area contributed by atoms with Gasteiger partial charge in [-0.2, -0.15) is 13.5 Å². The van der Waals surface area contributed by atoms with E-state index in [0.29, 0.717) is 0 Å². The first kappa shape index (κ1) is 20.9. The molecule has 1 atom stereocenters. The van der Waals surface area contributed by atoms with Crippen LogP contribution in [0.2, 0.25) is 0 Å². The summed E-state index contributed by atoms with van der Waals surface area (Å²) in [5.41, 5.74) is 0. The standard InChI is InChI=1S/C12H22N2O5.H2S/c1-7(2)10(11(16)17)14-9(15)5-6-13-12(18)19-8(3)4;/h7-8,10H,5-6H2,1-4H3,(H,13,18)(H,14,15)(H,16,17);1H2. The summed E-state index contributed by atoms with van der Waals surface area (Å²) >= 11 is 0. The van der Waals surface area contributed by atoms with E-state index < -0.39 is 24.0 Å². The second kappa shape index (κ2) is 10.4. The lowest BCUT2D eigenvalue weighted by Crippen LogP contribution is -2.45. The Balaban J connectivity index is 0. The lowest BCUT2D eigenvalue weighted by Gasteiger charge is -2.17. The summed E-state index contributed by atoms with van der Waals surface area (Å²) in [6.45, 7) is 6.94. The number of carboxylic acid groups (broad SMARTS) is 1. The Hall–Kier alpha value is -1.44. The molecule has 0 aromatic carbocycles. The van der Waals surface area contributed by atoms with Crippen LogP contribution in [0.15, 0.2) is 0 Å². The average molecular weight is 308 g/mol. The predicted octanol–water partition coefficient (Wildman–Crippen LogP) is 0.849. The van der Waals surface area contributed by atoms with Crippen LogP contribution in [-0.4, -0.2) is 41.8 Å². The number of amides is 2. The highest BCUT2D eigenvalue weighted by Gasteiger charge is 2.23. The number of aliphatic carboxylic acids is 1. The van der Waals surface area contributed by atoms with E-state index in [-0.39, 0.29) is 38.5 Å². The SMILES string of the molecule is CC(C)OC(=O)NCCC(=O)NC(C(=O)O)C(C)C.S. The van der Waals surface area contributed by atoms with Crippen molar-refractivity contribution >= 4 is 31.5 Å². The molecular formula is C12H24N2O5S. The zero-order chi connectivity index (χ0) is 15.0. The fourth-order valence-corrected chi connectivity index (χ4v) is 1.29. The Kier molecular flexibility index (Phi) is 10.8. The van der Waals surface area contributed by atoms with Gasteiger partial charge in [0.1, 0.15) is 6.04 Å². The monoisotopic (exact) mass is 308 g/mol. The minimum atomic E-state index is -1.07. The maximum Gasteiger partial charge on any atom is 0.407 e. The Morgan fingerprint density at radius 2 is 1.70 bits per heavy atom. The number of carbonyl (C=O) groups is 3. The molecule has 0 aliphatic heterocycles. The summed E-state index contributed by atoms with van der Waals surface area (Å²) in [6, 6.07) is -0.921. The van der Waals surface area contributed by atoms with Crippen LogP contribution in [0.1, 0.15) is 34.1 Å². The van der Waals surface area contributed by atoms with Gasteiger partial charge < -0.3 is 20.5 Å². The number of hydrogen-bond acceptors (Lipinski definition) is 4. The van der Waals surface area contributed by atoms with E-state index in [1.165, 1.54) is 0 Å². The minimum absolute atomic E-state index is 0. The lowest BCUT2D eigenvalue weighted by atomic mass is 10.0. The van der Waals surface area contributed by atoms with E-state index in [4.69, 9.17) is 9.84 Å². The van der Waals surface area contributed by atoms with Crippen LogP contribution in [-0.2, 0) is 14.3 Å². The number of alkyl carbamates (subject to hydrolysis) is 1. The molecule has 0 aliphatic carbocycles. The molecular weight excluding hydrogens is 284 g/mol. The summed E-state index contributed by atoms with van der Waals surface area (Å²) in [7, 11) is 0. The van der Waals surface area contributed by atoms with Crippen molar-refractivity contribution in [3.8, 4) is 0 Å². The summed E-state index contributed by atoms with van der Waals surface area (Å²) in [5.74, 6) is -1.71. The van der Waals surface area contributed by atoms with Crippen LogP contribution >= 0.6 is 13.5 Å². The Bertz CT molecular complexity index is 334. The third-order valence-electron chi connectivity index (χ3n) is 2.21. The first-order chi connectivity index (χ1) is 8.73. The van der Waals surface area contributed by atoms with E-state index in [0.717, 1.165) is 0 Å². The van der Waals surface area contributed by atoms with Gasteiger partial charge in [-0.25, -0.2) is 9.59 Å². The van der Waals surface area contributed by atoms with Gasteiger partial charge in [-0.1, -0.05) is 13.8 Å². The van der Waals surface area contributed by atoms with E-state index in [1.54, 1.807) is 27.7 Å². The normalized spacial score (nSPS) is 11.5. The highest BCUT2D eigenvalue weighted by molar-refractivity contribution is 7.59. The molecule has 0 fully saturated rings. The van der Waals surface area contributed by atoms with E-state index >= 15 is 0 Å². The van der Waals surface area contributed by atoms with Crippen molar-refractivity contribution in [3.63, 3.8) is 0 Å². The summed E-state index contributed by atoms with van der Waals surface area (Å²) < 4.78 is 4.81. The number of ether oxygens (including phenoxy) is 1. The molecule has 0 rings (SSSR count). The quantitative estimate of drug-likeness (QED) is 0.646. The largest absolute Gasteiger partial charge is 0.480 e. The zero-order valence-corrected chi connectivity index (χ0v) is 13.2. The van der Waals surface area contributed by atoms with Crippen molar-refractivity contribution in [2.75, 3.05) is 6.54 Å².